The van der Waals surface area contributed by atoms with Gasteiger partial charge in [-0.2, -0.15) is 0 Å². The van der Waals surface area contributed by atoms with E-state index in [1.165, 1.54) is 0 Å². The highest BCUT2D eigenvalue weighted by molar-refractivity contribution is 6.00. The summed E-state index contributed by atoms with van der Waals surface area (Å²) in [5.41, 5.74) is -0.0640. The molecule has 19 heavy (non-hydrogen) atoms. The maximum absolute atomic E-state index is 12.2. The van der Waals surface area contributed by atoms with Crippen LogP contribution in [-0.4, -0.2) is 18.5 Å². The van der Waals surface area contributed by atoms with E-state index < -0.39 is 5.41 Å². The average molecular weight is 264 g/mol. The summed E-state index contributed by atoms with van der Waals surface area (Å²) in [6.07, 6.45) is 0. The minimum absolute atomic E-state index is 0.0908. The minimum atomic E-state index is -0.405. The first-order chi connectivity index (χ1) is 8.54. The van der Waals surface area contributed by atoms with E-state index in [4.69, 9.17) is 9.47 Å². The predicted molar refractivity (Wildman–Crippen MR) is 77.2 cm³/mol. The summed E-state index contributed by atoms with van der Waals surface area (Å²) in [7, 11) is 1.58. The van der Waals surface area contributed by atoms with Gasteiger partial charge in [0, 0.05) is 11.0 Å². The molecule has 3 nitrogen and oxygen atoms in total. The average Bonchev–Trinajstić information content (AvgIpc) is 2.25. The number of carbonyl (C=O) groups excluding carboxylic acids is 1. The Bertz CT molecular complexity index is 462. The zero-order chi connectivity index (χ0) is 14.8. The van der Waals surface area contributed by atoms with Crippen molar-refractivity contribution in [2.45, 2.75) is 47.1 Å². The molecular formula is C16H24O3. The van der Waals surface area contributed by atoms with Crippen LogP contribution in [0.4, 0.5) is 0 Å². The summed E-state index contributed by atoms with van der Waals surface area (Å²) < 4.78 is 11.1. The van der Waals surface area contributed by atoms with Gasteiger partial charge in [0.1, 0.15) is 5.60 Å². The van der Waals surface area contributed by atoms with Crippen molar-refractivity contribution in [3.8, 4) is 11.5 Å². The fourth-order valence-electron chi connectivity index (χ4n) is 1.66. The Morgan fingerprint density at radius 3 is 2.00 bits per heavy atom. The van der Waals surface area contributed by atoms with Gasteiger partial charge < -0.3 is 9.47 Å². The second-order valence-corrected chi connectivity index (χ2v) is 6.66. The van der Waals surface area contributed by atoms with Gasteiger partial charge in [-0.25, -0.2) is 0 Å². The third-order valence-corrected chi connectivity index (χ3v) is 2.52. The molecule has 0 radical (unpaired) electrons. The van der Waals surface area contributed by atoms with E-state index in [2.05, 4.69) is 0 Å². The van der Waals surface area contributed by atoms with Crippen molar-refractivity contribution in [3.63, 3.8) is 0 Å². The number of ether oxygens (including phenoxy) is 2. The molecule has 0 fully saturated rings. The molecular weight excluding hydrogens is 240 g/mol. The molecule has 106 valence electrons. The molecule has 1 aromatic carbocycles. The first kappa shape index (κ1) is 15.5. The maximum Gasteiger partial charge on any atom is 0.168 e. The molecule has 0 saturated heterocycles. The summed E-state index contributed by atoms with van der Waals surface area (Å²) in [5.74, 6) is 1.33. The molecule has 0 amide bonds. The van der Waals surface area contributed by atoms with E-state index in [9.17, 15) is 4.79 Å². The molecule has 1 rings (SSSR count). The van der Waals surface area contributed by atoms with E-state index in [1.807, 2.05) is 41.5 Å². The van der Waals surface area contributed by atoms with Gasteiger partial charge >= 0.3 is 0 Å². The molecule has 0 atom stereocenters. The smallest absolute Gasteiger partial charge is 0.168 e. The van der Waals surface area contributed by atoms with Gasteiger partial charge in [-0.05, 0) is 39.0 Å². The molecule has 0 aliphatic heterocycles. The van der Waals surface area contributed by atoms with Gasteiger partial charge in [-0.15, -0.1) is 0 Å². The van der Waals surface area contributed by atoms with Crippen molar-refractivity contribution in [1.29, 1.82) is 0 Å². The molecule has 0 saturated carbocycles. The first-order valence-corrected chi connectivity index (χ1v) is 6.46. The number of ketones is 1. The van der Waals surface area contributed by atoms with Crippen LogP contribution >= 0.6 is 0 Å². The van der Waals surface area contributed by atoms with Crippen molar-refractivity contribution in [2.75, 3.05) is 7.11 Å². The van der Waals surface area contributed by atoms with Gasteiger partial charge in [0.2, 0.25) is 0 Å². The topological polar surface area (TPSA) is 35.5 Å². The van der Waals surface area contributed by atoms with Crippen molar-refractivity contribution in [2.24, 2.45) is 5.41 Å². The molecule has 0 N–H and O–H groups in total. The Kier molecular flexibility index (Phi) is 4.28. The second-order valence-electron chi connectivity index (χ2n) is 6.66. The number of benzene rings is 1. The number of methoxy groups -OCH3 is 1. The van der Waals surface area contributed by atoms with Crippen LogP contribution in [0.15, 0.2) is 18.2 Å². The molecule has 0 aliphatic rings. The monoisotopic (exact) mass is 264 g/mol. The molecule has 3 heteroatoms. The maximum atomic E-state index is 12.2. The molecule has 0 spiro atoms. The quantitative estimate of drug-likeness (QED) is 0.771. The number of hydrogen-bond donors (Lipinski definition) is 0. The molecule has 0 bridgehead atoms. The Labute approximate surface area is 115 Å². The fraction of sp³-hybridized carbons (Fsp3) is 0.562. The van der Waals surface area contributed by atoms with Gasteiger partial charge in [0.25, 0.3) is 0 Å². The largest absolute Gasteiger partial charge is 0.493 e. The molecule has 1 aromatic rings. The molecule has 0 unspecified atom stereocenters. The van der Waals surface area contributed by atoms with Crippen LogP contribution in [0.1, 0.15) is 51.9 Å². The molecule has 0 heterocycles. The van der Waals surface area contributed by atoms with Crippen molar-refractivity contribution >= 4 is 5.78 Å². The number of rotatable bonds is 3. The summed E-state index contributed by atoms with van der Waals surface area (Å²) in [6.45, 7) is 11.6. The lowest BCUT2D eigenvalue weighted by Crippen LogP contribution is -2.24. The van der Waals surface area contributed by atoms with E-state index >= 15 is 0 Å². The summed E-state index contributed by atoms with van der Waals surface area (Å²) in [5, 5.41) is 0. The molecule has 0 aromatic heterocycles. The number of hydrogen-bond acceptors (Lipinski definition) is 3. The zero-order valence-electron chi connectivity index (χ0n) is 13.0. The number of Topliss-reactive ketones (excluding diaryl/α,β-unsaturated/α-hetero) is 1. The van der Waals surface area contributed by atoms with Gasteiger partial charge in [0.15, 0.2) is 17.3 Å². The Hall–Kier alpha value is -1.51. The minimum Gasteiger partial charge on any atom is -0.493 e. The van der Waals surface area contributed by atoms with Crippen molar-refractivity contribution in [1.82, 2.24) is 0 Å². The van der Waals surface area contributed by atoms with Crippen LogP contribution in [0.5, 0.6) is 11.5 Å². The standard InChI is InChI=1S/C16H24O3/c1-15(2,3)14(17)11-8-9-12(13(10-11)18-7)19-16(4,5)6/h8-10H,1-7H3. The van der Waals surface area contributed by atoms with E-state index in [1.54, 1.807) is 25.3 Å². The normalized spacial score (nSPS) is 12.2. The first-order valence-electron chi connectivity index (χ1n) is 6.46. The lowest BCUT2D eigenvalue weighted by atomic mass is 9.86. The predicted octanol–water partition coefficient (Wildman–Crippen LogP) is 4.10. The zero-order valence-corrected chi connectivity index (χ0v) is 13.0. The van der Waals surface area contributed by atoms with Crippen molar-refractivity contribution in [3.05, 3.63) is 23.8 Å². The van der Waals surface area contributed by atoms with Crippen LogP contribution in [0.2, 0.25) is 0 Å². The summed E-state index contributed by atoms with van der Waals surface area (Å²) >= 11 is 0. The fourth-order valence-corrected chi connectivity index (χ4v) is 1.66. The third-order valence-electron chi connectivity index (χ3n) is 2.52. The van der Waals surface area contributed by atoms with E-state index in [0.29, 0.717) is 17.1 Å². The Morgan fingerprint density at radius 2 is 1.58 bits per heavy atom. The van der Waals surface area contributed by atoms with Crippen LogP contribution in [0, 0.1) is 5.41 Å². The van der Waals surface area contributed by atoms with E-state index in [0.717, 1.165) is 0 Å². The van der Waals surface area contributed by atoms with Crippen LogP contribution in [0.3, 0.4) is 0 Å². The van der Waals surface area contributed by atoms with Gasteiger partial charge in [-0.1, -0.05) is 20.8 Å². The van der Waals surface area contributed by atoms with Crippen LogP contribution in [-0.2, 0) is 0 Å². The van der Waals surface area contributed by atoms with Crippen molar-refractivity contribution < 1.29 is 14.3 Å². The Morgan fingerprint density at radius 1 is 1.00 bits per heavy atom. The van der Waals surface area contributed by atoms with Crippen LogP contribution < -0.4 is 9.47 Å². The van der Waals surface area contributed by atoms with Gasteiger partial charge in [0.05, 0.1) is 7.11 Å². The summed E-state index contributed by atoms with van der Waals surface area (Å²) in [4.78, 5) is 12.2. The molecule has 0 aliphatic carbocycles. The SMILES string of the molecule is COc1cc(C(=O)C(C)(C)C)ccc1OC(C)(C)C. The highest BCUT2D eigenvalue weighted by atomic mass is 16.5. The highest BCUT2D eigenvalue weighted by Gasteiger charge is 2.24. The highest BCUT2D eigenvalue weighted by Crippen LogP contribution is 2.33. The van der Waals surface area contributed by atoms with Gasteiger partial charge in [-0.3, -0.25) is 4.79 Å². The number of carbonyl (C=O) groups is 1. The van der Waals surface area contributed by atoms with E-state index in [-0.39, 0.29) is 11.4 Å². The Balaban J connectivity index is 3.13. The van der Waals surface area contributed by atoms with Crippen LogP contribution in [0.25, 0.3) is 0 Å². The summed E-state index contributed by atoms with van der Waals surface area (Å²) in [6, 6.07) is 5.33. The second kappa shape index (κ2) is 5.24. The lowest BCUT2D eigenvalue weighted by Gasteiger charge is -2.23. The lowest BCUT2D eigenvalue weighted by molar-refractivity contribution is 0.0857. The third kappa shape index (κ3) is 4.27.